The van der Waals surface area contributed by atoms with Gasteiger partial charge in [-0.25, -0.2) is 0 Å². The Hall–Kier alpha value is -1.84. The lowest BCUT2D eigenvalue weighted by atomic mass is 10.1. The van der Waals surface area contributed by atoms with Crippen LogP contribution in [0.2, 0.25) is 0 Å². The highest BCUT2D eigenvalue weighted by molar-refractivity contribution is 5.74. The molecule has 1 aromatic rings. The van der Waals surface area contributed by atoms with Gasteiger partial charge in [-0.2, -0.15) is 0 Å². The summed E-state index contributed by atoms with van der Waals surface area (Å²) >= 11 is 0. The molecule has 0 heterocycles. The van der Waals surface area contributed by atoms with Gasteiger partial charge in [-0.1, -0.05) is 12.1 Å². The maximum Gasteiger partial charge on any atom is 0.308 e. The first-order valence-electron chi connectivity index (χ1n) is 5.62. The molecule has 1 saturated carbocycles. The molecule has 17 heavy (non-hydrogen) atoms. The zero-order chi connectivity index (χ0) is 12.4. The fraction of sp³-hybridized carbons (Fsp3) is 0.385. The van der Waals surface area contributed by atoms with E-state index in [1.807, 2.05) is 12.1 Å². The third-order valence-corrected chi connectivity index (χ3v) is 2.75. The van der Waals surface area contributed by atoms with Gasteiger partial charge in [0, 0.05) is 25.8 Å². The van der Waals surface area contributed by atoms with Crippen LogP contribution in [0.1, 0.15) is 31.7 Å². The van der Waals surface area contributed by atoms with Gasteiger partial charge >= 0.3 is 5.97 Å². The lowest BCUT2D eigenvalue weighted by Gasteiger charge is -2.04. The maximum atomic E-state index is 10.9. The number of benzene rings is 1. The number of amides is 1. The SMILES string of the molecule is CC(=O)NC1CC1c1ccc(OC(C)=O)cc1. The molecular formula is C13H15NO3. The second kappa shape index (κ2) is 4.57. The fourth-order valence-electron chi connectivity index (χ4n) is 1.93. The number of esters is 1. The van der Waals surface area contributed by atoms with Crippen LogP contribution >= 0.6 is 0 Å². The number of rotatable bonds is 3. The van der Waals surface area contributed by atoms with Gasteiger partial charge in [-0.05, 0) is 24.1 Å². The number of nitrogens with one attached hydrogen (secondary N) is 1. The Morgan fingerprint density at radius 2 is 1.88 bits per heavy atom. The molecule has 2 rings (SSSR count). The lowest BCUT2D eigenvalue weighted by Crippen LogP contribution is -2.23. The summed E-state index contributed by atoms with van der Waals surface area (Å²) in [6.45, 7) is 2.90. The first kappa shape index (κ1) is 11.6. The van der Waals surface area contributed by atoms with E-state index in [9.17, 15) is 9.59 Å². The summed E-state index contributed by atoms with van der Waals surface area (Å²) < 4.78 is 4.95. The molecule has 4 heteroatoms. The van der Waals surface area contributed by atoms with Crippen molar-refractivity contribution in [3.63, 3.8) is 0 Å². The van der Waals surface area contributed by atoms with Gasteiger partial charge in [-0.3, -0.25) is 9.59 Å². The van der Waals surface area contributed by atoms with E-state index in [1.165, 1.54) is 19.4 Å². The molecule has 0 bridgehead atoms. The van der Waals surface area contributed by atoms with Crippen LogP contribution in [0, 0.1) is 0 Å². The van der Waals surface area contributed by atoms with Gasteiger partial charge in [0.25, 0.3) is 0 Å². The van der Waals surface area contributed by atoms with E-state index in [2.05, 4.69) is 5.32 Å². The smallest absolute Gasteiger partial charge is 0.308 e. The Bertz CT molecular complexity index is 438. The molecule has 0 aliphatic heterocycles. The number of carbonyl (C=O) groups excluding carboxylic acids is 2. The molecule has 2 atom stereocenters. The van der Waals surface area contributed by atoms with Gasteiger partial charge in [0.05, 0.1) is 0 Å². The van der Waals surface area contributed by atoms with Crippen molar-refractivity contribution in [2.75, 3.05) is 0 Å². The predicted octanol–water partition coefficient (Wildman–Crippen LogP) is 1.60. The minimum atomic E-state index is -0.319. The van der Waals surface area contributed by atoms with Crippen LogP contribution < -0.4 is 10.1 Å². The highest BCUT2D eigenvalue weighted by Gasteiger charge is 2.38. The Kier molecular flexibility index (Phi) is 3.13. The van der Waals surface area contributed by atoms with E-state index in [1.54, 1.807) is 12.1 Å². The van der Waals surface area contributed by atoms with Gasteiger partial charge < -0.3 is 10.1 Å². The van der Waals surface area contributed by atoms with Crippen molar-refractivity contribution in [3.05, 3.63) is 29.8 Å². The van der Waals surface area contributed by atoms with Crippen LogP contribution in [0.15, 0.2) is 24.3 Å². The molecule has 2 unspecified atom stereocenters. The first-order valence-corrected chi connectivity index (χ1v) is 5.62. The summed E-state index contributed by atoms with van der Waals surface area (Å²) in [5.41, 5.74) is 1.17. The first-order chi connectivity index (χ1) is 8.06. The van der Waals surface area contributed by atoms with Crippen LogP contribution in [0.3, 0.4) is 0 Å². The van der Waals surface area contributed by atoms with E-state index in [-0.39, 0.29) is 17.9 Å². The summed E-state index contributed by atoms with van der Waals surface area (Å²) in [6, 6.07) is 7.68. The predicted molar refractivity (Wildman–Crippen MR) is 62.7 cm³/mol. The largest absolute Gasteiger partial charge is 0.427 e. The normalized spacial score (nSPS) is 21.8. The molecule has 1 aromatic carbocycles. The molecule has 0 aromatic heterocycles. The fourth-order valence-corrected chi connectivity index (χ4v) is 1.93. The van der Waals surface area contributed by atoms with Gasteiger partial charge in [0.15, 0.2) is 0 Å². The number of hydrogen-bond donors (Lipinski definition) is 1. The van der Waals surface area contributed by atoms with Gasteiger partial charge in [0.1, 0.15) is 5.75 Å². The van der Waals surface area contributed by atoms with E-state index in [4.69, 9.17) is 4.74 Å². The summed E-state index contributed by atoms with van der Waals surface area (Å²) in [5, 5.41) is 2.89. The minimum absolute atomic E-state index is 0.00836. The van der Waals surface area contributed by atoms with Crippen LogP contribution in [0.4, 0.5) is 0 Å². The van der Waals surface area contributed by atoms with Crippen molar-refractivity contribution in [1.29, 1.82) is 0 Å². The van der Waals surface area contributed by atoms with E-state index in [0.29, 0.717) is 11.7 Å². The Labute approximate surface area is 100.0 Å². The van der Waals surface area contributed by atoms with Crippen LogP contribution in [-0.2, 0) is 9.59 Å². The van der Waals surface area contributed by atoms with E-state index in [0.717, 1.165) is 6.42 Å². The molecule has 1 aliphatic rings. The third-order valence-electron chi connectivity index (χ3n) is 2.75. The van der Waals surface area contributed by atoms with Gasteiger partial charge in [0.2, 0.25) is 5.91 Å². The third kappa shape index (κ3) is 3.06. The molecule has 1 amide bonds. The average Bonchev–Trinajstić information content (AvgIpc) is 2.96. The standard InChI is InChI=1S/C13H15NO3/c1-8(15)14-13-7-12(13)10-3-5-11(6-4-10)17-9(2)16/h3-6,12-13H,7H2,1-2H3,(H,14,15). The average molecular weight is 233 g/mol. The maximum absolute atomic E-state index is 10.9. The zero-order valence-corrected chi connectivity index (χ0v) is 9.90. The van der Waals surface area contributed by atoms with E-state index >= 15 is 0 Å². The molecule has 0 saturated heterocycles. The van der Waals surface area contributed by atoms with Crippen molar-refractivity contribution in [2.45, 2.75) is 32.2 Å². The Morgan fingerprint density at radius 3 is 2.41 bits per heavy atom. The Morgan fingerprint density at radius 1 is 1.24 bits per heavy atom. The summed E-state index contributed by atoms with van der Waals surface area (Å²) in [4.78, 5) is 21.6. The molecule has 4 nitrogen and oxygen atoms in total. The monoisotopic (exact) mass is 233 g/mol. The number of ether oxygens (including phenoxy) is 1. The second-order valence-electron chi connectivity index (χ2n) is 4.31. The van der Waals surface area contributed by atoms with Crippen molar-refractivity contribution in [3.8, 4) is 5.75 Å². The highest BCUT2D eigenvalue weighted by Crippen LogP contribution is 2.41. The zero-order valence-electron chi connectivity index (χ0n) is 9.90. The second-order valence-corrected chi connectivity index (χ2v) is 4.31. The summed E-state index contributed by atoms with van der Waals surface area (Å²) in [5.74, 6) is 0.637. The van der Waals surface area contributed by atoms with E-state index < -0.39 is 0 Å². The number of hydrogen-bond acceptors (Lipinski definition) is 3. The van der Waals surface area contributed by atoms with Crippen LogP contribution in [-0.4, -0.2) is 17.9 Å². The van der Waals surface area contributed by atoms with Crippen molar-refractivity contribution >= 4 is 11.9 Å². The van der Waals surface area contributed by atoms with Crippen molar-refractivity contribution in [2.24, 2.45) is 0 Å². The molecule has 0 spiro atoms. The van der Waals surface area contributed by atoms with Crippen LogP contribution in [0.25, 0.3) is 0 Å². The molecule has 1 fully saturated rings. The molecule has 0 radical (unpaired) electrons. The molecular weight excluding hydrogens is 218 g/mol. The van der Waals surface area contributed by atoms with Gasteiger partial charge in [-0.15, -0.1) is 0 Å². The van der Waals surface area contributed by atoms with Crippen LogP contribution in [0.5, 0.6) is 5.75 Å². The van der Waals surface area contributed by atoms with Crippen molar-refractivity contribution in [1.82, 2.24) is 5.32 Å². The minimum Gasteiger partial charge on any atom is -0.427 e. The highest BCUT2D eigenvalue weighted by atomic mass is 16.5. The molecule has 1 aliphatic carbocycles. The lowest BCUT2D eigenvalue weighted by molar-refractivity contribution is -0.131. The number of carbonyl (C=O) groups is 2. The topological polar surface area (TPSA) is 55.4 Å². The summed E-state index contributed by atoms with van der Waals surface area (Å²) in [7, 11) is 0. The van der Waals surface area contributed by atoms with Crippen molar-refractivity contribution < 1.29 is 14.3 Å². The molecule has 1 N–H and O–H groups in total. The quantitative estimate of drug-likeness (QED) is 0.637. The summed E-state index contributed by atoms with van der Waals surface area (Å²) in [6.07, 6.45) is 0.979. The molecule has 90 valence electrons. The Balaban J connectivity index is 1.95.